The van der Waals surface area contributed by atoms with E-state index >= 15 is 0 Å². The van der Waals surface area contributed by atoms with Crippen LogP contribution < -0.4 is 10.1 Å². The number of methoxy groups -OCH3 is 1. The summed E-state index contributed by atoms with van der Waals surface area (Å²) in [6, 6.07) is 16.5. The zero-order chi connectivity index (χ0) is 14.9. The molecule has 0 radical (unpaired) electrons. The highest BCUT2D eigenvalue weighted by molar-refractivity contribution is 5.33. The smallest absolute Gasteiger partial charge is 0.124 e. The standard InChI is InChI=1S/C18H23NO2/c1-15-6-5-7-16(12-15)14-21-18-9-4-3-8-17(18)13-19-10-11-20-2/h3-9,12,19H,10-11,13-14H2,1-2H3. The van der Waals surface area contributed by atoms with Crippen LogP contribution in [0.2, 0.25) is 0 Å². The number of ether oxygens (including phenoxy) is 2. The van der Waals surface area contributed by atoms with Crippen molar-refractivity contribution in [2.45, 2.75) is 20.1 Å². The minimum absolute atomic E-state index is 0.594. The lowest BCUT2D eigenvalue weighted by atomic mass is 10.1. The molecule has 1 N–H and O–H groups in total. The van der Waals surface area contributed by atoms with Crippen molar-refractivity contribution in [3.63, 3.8) is 0 Å². The number of hydrogen-bond donors (Lipinski definition) is 1. The summed E-state index contributed by atoms with van der Waals surface area (Å²) in [5.74, 6) is 0.934. The van der Waals surface area contributed by atoms with Gasteiger partial charge in [0.15, 0.2) is 0 Å². The lowest BCUT2D eigenvalue weighted by molar-refractivity contribution is 0.199. The van der Waals surface area contributed by atoms with E-state index in [1.165, 1.54) is 16.7 Å². The van der Waals surface area contributed by atoms with Crippen molar-refractivity contribution in [3.8, 4) is 5.75 Å². The first-order valence-corrected chi connectivity index (χ1v) is 7.25. The Bertz CT molecular complexity index is 554. The molecule has 21 heavy (non-hydrogen) atoms. The van der Waals surface area contributed by atoms with Crippen LogP contribution in [-0.4, -0.2) is 20.3 Å². The molecule has 0 saturated heterocycles. The van der Waals surface area contributed by atoms with Crippen LogP contribution >= 0.6 is 0 Å². The van der Waals surface area contributed by atoms with Gasteiger partial charge < -0.3 is 14.8 Å². The second-order valence-electron chi connectivity index (χ2n) is 5.06. The highest BCUT2D eigenvalue weighted by atomic mass is 16.5. The molecule has 112 valence electrons. The number of aryl methyl sites for hydroxylation is 1. The summed E-state index contributed by atoms with van der Waals surface area (Å²) in [4.78, 5) is 0. The molecular formula is C18H23NO2. The average Bonchev–Trinajstić information content (AvgIpc) is 2.50. The predicted octanol–water partition coefficient (Wildman–Crippen LogP) is 3.31. The van der Waals surface area contributed by atoms with Gasteiger partial charge >= 0.3 is 0 Å². The van der Waals surface area contributed by atoms with E-state index in [0.29, 0.717) is 13.2 Å². The van der Waals surface area contributed by atoms with Gasteiger partial charge in [-0.1, -0.05) is 48.0 Å². The summed E-state index contributed by atoms with van der Waals surface area (Å²) >= 11 is 0. The van der Waals surface area contributed by atoms with E-state index < -0.39 is 0 Å². The quantitative estimate of drug-likeness (QED) is 0.755. The van der Waals surface area contributed by atoms with Gasteiger partial charge in [0.2, 0.25) is 0 Å². The summed E-state index contributed by atoms with van der Waals surface area (Å²) in [7, 11) is 1.71. The lowest BCUT2D eigenvalue weighted by Gasteiger charge is -2.12. The Kier molecular flexibility index (Phi) is 6.25. The first kappa shape index (κ1) is 15.5. The van der Waals surface area contributed by atoms with Crippen LogP contribution in [0.1, 0.15) is 16.7 Å². The SMILES string of the molecule is COCCNCc1ccccc1OCc1cccc(C)c1. The first-order chi connectivity index (χ1) is 10.3. The average molecular weight is 285 g/mol. The summed E-state index contributed by atoms with van der Waals surface area (Å²) in [6.45, 7) is 5.02. The zero-order valence-corrected chi connectivity index (χ0v) is 12.8. The molecule has 2 aromatic rings. The maximum absolute atomic E-state index is 5.96. The Labute approximate surface area is 126 Å². The normalized spacial score (nSPS) is 10.6. The number of hydrogen-bond acceptors (Lipinski definition) is 3. The molecule has 0 spiro atoms. The highest BCUT2D eigenvalue weighted by Crippen LogP contribution is 2.19. The van der Waals surface area contributed by atoms with Gasteiger partial charge in [0.25, 0.3) is 0 Å². The Balaban J connectivity index is 1.93. The van der Waals surface area contributed by atoms with E-state index in [2.05, 4.69) is 42.6 Å². The molecule has 0 aliphatic heterocycles. The van der Waals surface area contributed by atoms with Crippen LogP contribution in [0.3, 0.4) is 0 Å². The molecular weight excluding hydrogens is 262 g/mol. The summed E-state index contributed by atoms with van der Waals surface area (Å²) in [6.07, 6.45) is 0. The van der Waals surface area contributed by atoms with Crippen LogP contribution in [-0.2, 0) is 17.9 Å². The van der Waals surface area contributed by atoms with Crippen molar-refractivity contribution >= 4 is 0 Å². The molecule has 0 bridgehead atoms. The zero-order valence-electron chi connectivity index (χ0n) is 12.8. The fourth-order valence-electron chi connectivity index (χ4n) is 2.15. The Morgan fingerprint density at radius 3 is 2.71 bits per heavy atom. The molecule has 2 aromatic carbocycles. The van der Waals surface area contributed by atoms with Crippen LogP contribution in [0, 0.1) is 6.92 Å². The topological polar surface area (TPSA) is 30.5 Å². The molecule has 0 heterocycles. The van der Waals surface area contributed by atoms with E-state index in [9.17, 15) is 0 Å². The van der Waals surface area contributed by atoms with Gasteiger partial charge in [-0.3, -0.25) is 0 Å². The van der Waals surface area contributed by atoms with Crippen molar-refractivity contribution in [2.24, 2.45) is 0 Å². The minimum Gasteiger partial charge on any atom is -0.489 e. The summed E-state index contributed by atoms with van der Waals surface area (Å²) in [5.41, 5.74) is 3.61. The Hall–Kier alpha value is -1.84. The van der Waals surface area contributed by atoms with E-state index in [4.69, 9.17) is 9.47 Å². The van der Waals surface area contributed by atoms with Gasteiger partial charge in [0.1, 0.15) is 12.4 Å². The number of nitrogens with one attached hydrogen (secondary N) is 1. The van der Waals surface area contributed by atoms with E-state index in [1.807, 2.05) is 18.2 Å². The lowest BCUT2D eigenvalue weighted by Crippen LogP contribution is -2.19. The number of benzene rings is 2. The molecule has 2 rings (SSSR count). The Morgan fingerprint density at radius 1 is 1.05 bits per heavy atom. The number of rotatable bonds is 8. The van der Waals surface area contributed by atoms with Gasteiger partial charge in [-0.05, 0) is 18.6 Å². The van der Waals surface area contributed by atoms with Crippen molar-refractivity contribution in [3.05, 3.63) is 65.2 Å². The van der Waals surface area contributed by atoms with Crippen molar-refractivity contribution in [2.75, 3.05) is 20.3 Å². The van der Waals surface area contributed by atoms with Crippen molar-refractivity contribution < 1.29 is 9.47 Å². The summed E-state index contributed by atoms with van der Waals surface area (Å²) in [5, 5.41) is 3.35. The molecule has 0 saturated carbocycles. The summed E-state index contributed by atoms with van der Waals surface area (Å²) < 4.78 is 11.0. The largest absolute Gasteiger partial charge is 0.489 e. The van der Waals surface area contributed by atoms with Gasteiger partial charge in [-0.2, -0.15) is 0 Å². The molecule has 0 atom stereocenters. The monoisotopic (exact) mass is 285 g/mol. The molecule has 0 amide bonds. The molecule has 0 aliphatic carbocycles. The first-order valence-electron chi connectivity index (χ1n) is 7.25. The fourth-order valence-corrected chi connectivity index (χ4v) is 2.15. The van der Waals surface area contributed by atoms with E-state index in [0.717, 1.165) is 18.8 Å². The van der Waals surface area contributed by atoms with Gasteiger partial charge in [0, 0.05) is 25.8 Å². The highest BCUT2D eigenvalue weighted by Gasteiger charge is 2.03. The predicted molar refractivity (Wildman–Crippen MR) is 85.5 cm³/mol. The van der Waals surface area contributed by atoms with E-state index in [1.54, 1.807) is 7.11 Å². The van der Waals surface area contributed by atoms with Crippen molar-refractivity contribution in [1.82, 2.24) is 5.32 Å². The third-order valence-electron chi connectivity index (χ3n) is 3.25. The second-order valence-corrected chi connectivity index (χ2v) is 5.06. The molecule has 3 nitrogen and oxygen atoms in total. The number of para-hydroxylation sites is 1. The maximum atomic E-state index is 5.96. The third-order valence-corrected chi connectivity index (χ3v) is 3.25. The molecule has 0 aliphatic rings. The van der Waals surface area contributed by atoms with Crippen molar-refractivity contribution in [1.29, 1.82) is 0 Å². The van der Waals surface area contributed by atoms with E-state index in [-0.39, 0.29) is 0 Å². The molecule has 0 fully saturated rings. The van der Waals surface area contributed by atoms with Crippen LogP contribution in [0.25, 0.3) is 0 Å². The van der Waals surface area contributed by atoms with Gasteiger partial charge in [-0.15, -0.1) is 0 Å². The van der Waals surface area contributed by atoms with Crippen LogP contribution in [0.4, 0.5) is 0 Å². The maximum Gasteiger partial charge on any atom is 0.124 e. The molecule has 0 aromatic heterocycles. The van der Waals surface area contributed by atoms with Gasteiger partial charge in [0.05, 0.1) is 6.61 Å². The second kappa shape index (κ2) is 8.45. The fraction of sp³-hybridized carbons (Fsp3) is 0.333. The van der Waals surface area contributed by atoms with Crippen LogP contribution in [0.15, 0.2) is 48.5 Å². The third kappa shape index (κ3) is 5.21. The van der Waals surface area contributed by atoms with Gasteiger partial charge in [-0.25, -0.2) is 0 Å². The van der Waals surface area contributed by atoms with Crippen LogP contribution in [0.5, 0.6) is 5.75 Å². The Morgan fingerprint density at radius 2 is 1.90 bits per heavy atom. The molecule has 3 heteroatoms. The minimum atomic E-state index is 0.594. The molecule has 0 unspecified atom stereocenters.